The second kappa shape index (κ2) is 10.4. The Labute approximate surface area is 168 Å². The van der Waals surface area contributed by atoms with Crippen LogP contribution in [0.3, 0.4) is 0 Å². The lowest BCUT2D eigenvalue weighted by Crippen LogP contribution is -2.49. The Bertz CT molecular complexity index is 518. The maximum absolute atomic E-state index is 5.69. The standard InChI is InChI=1S/C18H31N5O.HI/c1-15-6-9-22(12-17(15)23-10-8-20-14-23)18(19-2)21-7-3-11-24-13-16-4-5-16;/h8,10,14-17H,3-7,9,11-13H2,1-2H3,(H,19,21);1H. The molecule has 0 amide bonds. The molecular weight excluding hydrogens is 429 g/mol. The van der Waals surface area contributed by atoms with Crippen LogP contribution in [0.15, 0.2) is 23.7 Å². The van der Waals surface area contributed by atoms with Crippen LogP contribution in [0, 0.1) is 11.8 Å². The minimum atomic E-state index is 0. The van der Waals surface area contributed by atoms with Crippen LogP contribution in [0.1, 0.15) is 38.6 Å². The van der Waals surface area contributed by atoms with Crippen LogP contribution in [0.5, 0.6) is 0 Å². The summed E-state index contributed by atoms with van der Waals surface area (Å²) in [5.74, 6) is 2.51. The molecular formula is C18H32IN5O. The van der Waals surface area contributed by atoms with Crippen LogP contribution in [-0.4, -0.2) is 60.3 Å². The minimum absolute atomic E-state index is 0. The van der Waals surface area contributed by atoms with Crippen molar-refractivity contribution in [1.82, 2.24) is 19.8 Å². The summed E-state index contributed by atoms with van der Waals surface area (Å²) in [6.45, 7) is 7.08. The highest BCUT2D eigenvalue weighted by Gasteiger charge is 2.28. The molecule has 1 aromatic rings. The first-order chi connectivity index (χ1) is 11.8. The maximum atomic E-state index is 5.69. The van der Waals surface area contributed by atoms with E-state index in [1.807, 2.05) is 19.6 Å². The number of nitrogens with zero attached hydrogens (tertiary/aromatic N) is 4. The molecule has 0 radical (unpaired) electrons. The number of hydrogen-bond donors (Lipinski definition) is 1. The topological polar surface area (TPSA) is 54.7 Å². The monoisotopic (exact) mass is 461 g/mol. The predicted octanol–water partition coefficient (Wildman–Crippen LogP) is 2.78. The molecule has 1 saturated heterocycles. The van der Waals surface area contributed by atoms with Crippen molar-refractivity contribution >= 4 is 29.9 Å². The third-order valence-corrected chi connectivity index (χ3v) is 5.14. The van der Waals surface area contributed by atoms with Gasteiger partial charge >= 0.3 is 0 Å². The SMILES string of the molecule is CN=C(NCCCOCC1CC1)N1CCC(C)C(n2ccnc2)C1.I. The highest BCUT2D eigenvalue weighted by Crippen LogP contribution is 2.29. The summed E-state index contributed by atoms with van der Waals surface area (Å²) in [7, 11) is 1.87. The largest absolute Gasteiger partial charge is 0.381 e. The van der Waals surface area contributed by atoms with Gasteiger partial charge in [-0.15, -0.1) is 24.0 Å². The quantitative estimate of drug-likeness (QED) is 0.294. The Morgan fingerprint density at radius 3 is 2.88 bits per heavy atom. The number of ether oxygens (including phenoxy) is 1. The van der Waals surface area contributed by atoms with Gasteiger partial charge < -0.3 is 19.5 Å². The average Bonchev–Trinajstić information content (AvgIpc) is 3.26. The van der Waals surface area contributed by atoms with Crippen molar-refractivity contribution in [2.24, 2.45) is 16.8 Å². The number of aromatic nitrogens is 2. The van der Waals surface area contributed by atoms with Gasteiger partial charge in [0, 0.05) is 52.3 Å². The third kappa shape index (κ3) is 6.13. The van der Waals surface area contributed by atoms with Crippen LogP contribution >= 0.6 is 24.0 Å². The number of rotatable bonds is 7. The van der Waals surface area contributed by atoms with Crippen LogP contribution in [0.25, 0.3) is 0 Å². The number of piperidine rings is 1. The molecule has 0 spiro atoms. The summed E-state index contributed by atoms with van der Waals surface area (Å²) in [4.78, 5) is 11.0. The van der Waals surface area contributed by atoms with E-state index in [0.717, 1.165) is 51.1 Å². The number of likely N-dealkylation sites (tertiary alicyclic amines) is 1. The Balaban J connectivity index is 0.00000225. The molecule has 2 fully saturated rings. The summed E-state index contributed by atoms with van der Waals surface area (Å²) < 4.78 is 7.93. The van der Waals surface area contributed by atoms with E-state index in [4.69, 9.17) is 4.74 Å². The average molecular weight is 461 g/mol. The number of hydrogen-bond acceptors (Lipinski definition) is 3. The fourth-order valence-electron chi connectivity index (χ4n) is 3.34. The molecule has 7 heteroatoms. The van der Waals surface area contributed by atoms with Gasteiger partial charge in [0.2, 0.25) is 0 Å². The molecule has 6 nitrogen and oxygen atoms in total. The summed E-state index contributed by atoms with van der Waals surface area (Å²) in [5.41, 5.74) is 0. The summed E-state index contributed by atoms with van der Waals surface area (Å²) in [6, 6.07) is 0.460. The second-order valence-corrected chi connectivity index (χ2v) is 7.14. The fraction of sp³-hybridized carbons (Fsp3) is 0.778. The molecule has 3 rings (SSSR count). The molecule has 0 aromatic carbocycles. The highest BCUT2D eigenvalue weighted by atomic mass is 127. The number of halogens is 1. The van der Waals surface area contributed by atoms with E-state index in [1.54, 1.807) is 0 Å². The van der Waals surface area contributed by atoms with Gasteiger partial charge in [-0.2, -0.15) is 0 Å². The highest BCUT2D eigenvalue weighted by molar-refractivity contribution is 14.0. The molecule has 2 unspecified atom stereocenters. The first-order valence-corrected chi connectivity index (χ1v) is 9.28. The van der Waals surface area contributed by atoms with Gasteiger partial charge in [-0.1, -0.05) is 6.92 Å². The van der Waals surface area contributed by atoms with Crippen molar-refractivity contribution in [3.05, 3.63) is 18.7 Å². The van der Waals surface area contributed by atoms with Crippen LogP contribution < -0.4 is 5.32 Å². The summed E-state index contributed by atoms with van der Waals surface area (Å²) in [6.07, 6.45) is 10.8. The summed E-state index contributed by atoms with van der Waals surface area (Å²) >= 11 is 0. The van der Waals surface area contributed by atoms with E-state index in [1.165, 1.54) is 19.3 Å². The van der Waals surface area contributed by atoms with Gasteiger partial charge in [0.15, 0.2) is 5.96 Å². The van der Waals surface area contributed by atoms with Gasteiger partial charge in [-0.25, -0.2) is 4.98 Å². The Kier molecular flexibility index (Phi) is 8.48. The molecule has 1 aliphatic heterocycles. The molecule has 25 heavy (non-hydrogen) atoms. The number of nitrogens with one attached hydrogen (secondary N) is 1. The molecule has 1 aromatic heterocycles. The van der Waals surface area contributed by atoms with Crippen LogP contribution in [0.2, 0.25) is 0 Å². The zero-order valence-electron chi connectivity index (χ0n) is 15.4. The second-order valence-electron chi connectivity index (χ2n) is 7.14. The minimum Gasteiger partial charge on any atom is -0.381 e. The van der Waals surface area contributed by atoms with E-state index in [0.29, 0.717) is 12.0 Å². The van der Waals surface area contributed by atoms with Gasteiger partial charge in [-0.3, -0.25) is 4.99 Å². The van der Waals surface area contributed by atoms with Crippen LogP contribution in [-0.2, 0) is 4.74 Å². The van der Waals surface area contributed by atoms with Crippen molar-refractivity contribution < 1.29 is 4.74 Å². The van der Waals surface area contributed by atoms with E-state index in [2.05, 4.69) is 37.9 Å². The molecule has 2 heterocycles. The molecule has 1 saturated carbocycles. The Hall–Kier alpha value is -0.830. The predicted molar refractivity (Wildman–Crippen MR) is 112 cm³/mol. The molecule has 1 N–H and O–H groups in total. The van der Waals surface area contributed by atoms with Crippen molar-refractivity contribution in [2.75, 3.05) is 39.9 Å². The fourth-order valence-corrected chi connectivity index (χ4v) is 3.34. The number of aliphatic imine (C=N–C) groups is 1. The van der Waals surface area contributed by atoms with Crippen molar-refractivity contribution in [3.63, 3.8) is 0 Å². The normalized spacial score (nSPS) is 24.1. The molecule has 0 bridgehead atoms. The van der Waals surface area contributed by atoms with Crippen molar-refractivity contribution in [1.29, 1.82) is 0 Å². The molecule has 2 atom stereocenters. The number of imidazole rings is 1. The van der Waals surface area contributed by atoms with Gasteiger partial charge in [0.25, 0.3) is 0 Å². The smallest absolute Gasteiger partial charge is 0.193 e. The lowest BCUT2D eigenvalue weighted by Gasteiger charge is -2.39. The zero-order chi connectivity index (χ0) is 16.8. The maximum Gasteiger partial charge on any atom is 0.193 e. The van der Waals surface area contributed by atoms with E-state index >= 15 is 0 Å². The Morgan fingerprint density at radius 1 is 1.36 bits per heavy atom. The summed E-state index contributed by atoms with van der Waals surface area (Å²) in [5, 5.41) is 3.49. The lowest BCUT2D eigenvalue weighted by molar-refractivity contribution is 0.122. The van der Waals surface area contributed by atoms with Gasteiger partial charge in [0.1, 0.15) is 0 Å². The molecule has 1 aliphatic carbocycles. The molecule has 2 aliphatic rings. The van der Waals surface area contributed by atoms with Gasteiger partial charge in [0.05, 0.1) is 12.4 Å². The van der Waals surface area contributed by atoms with E-state index < -0.39 is 0 Å². The van der Waals surface area contributed by atoms with Crippen molar-refractivity contribution in [2.45, 2.75) is 38.6 Å². The van der Waals surface area contributed by atoms with Crippen molar-refractivity contribution in [3.8, 4) is 0 Å². The van der Waals surface area contributed by atoms with Gasteiger partial charge in [-0.05, 0) is 37.5 Å². The lowest BCUT2D eigenvalue weighted by atomic mass is 9.93. The first kappa shape index (κ1) is 20.5. The zero-order valence-corrected chi connectivity index (χ0v) is 17.8. The Morgan fingerprint density at radius 2 is 2.20 bits per heavy atom. The third-order valence-electron chi connectivity index (χ3n) is 5.14. The van der Waals surface area contributed by atoms with E-state index in [-0.39, 0.29) is 24.0 Å². The number of guanidine groups is 1. The molecule has 142 valence electrons. The van der Waals surface area contributed by atoms with E-state index in [9.17, 15) is 0 Å². The first-order valence-electron chi connectivity index (χ1n) is 9.28. The van der Waals surface area contributed by atoms with Crippen LogP contribution in [0.4, 0.5) is 0 Å².